The Morgan fingerprint density at radius 3 is 2.35 bits per heavy atom. The molecule has 1 aromatic carbocycles. The van der Waals surface area contributed by atoms with Crippen LogP contribution in [0, 0.1) is 11.7 Å². The average Bonchev–Trinajstić information content (AvgIpc) is 2.91. The number of aliphatic hydroxyl groups is 1. The monoisotopic (exact) mass is 407 g/mol. The molecule has 0 aromatic heterocycles. The van der Waals surface area contributed by atoms with Crippen LogP contribution in [-0.4, -0.2) is 47.2 Å². The van der Waals surface area contributed by atoms with Crippen molar-refractivity contribution in [3.63, 3.8) is 0 Å². The maximum atomic E-state index is 12.9. The predicted molar refractivity (Wildman–Crippen MR) is 104 cm³/mol. The molecule has 3 rings (SSSR count). The highest BCUT2D eigenvalue weighted by Gasteiger charge is 2.35. The number of benzene rings is 1. The van der Waals surface area contributed by atoms with Gasteiger partial charge in [0.25, 0.3) is 0 Å². The van der Waals surface area contributed by atoms with Crippen molar-refractivity contribution in [2.24, 2.45) is 11.7 Å². The van der Waals surface area contributed by atoms with Gasteiger partial charge in [0.15, 0.2) is 0 Å². The van der Waals surface area contributed by atoms with Crippen molar-refractivity contribution in [2.75, 3.05) is 13.1 Å². The third-order valence-electron chi connectivity index (χ3n) is 5.20. The first kappa shape index (κ1) is 23.1. The third kappa shape index (κ3) is 6.06. The van der Waals surface area contributed by atoms with E-state index in [9.17, 15) is 14.3 Å². The minimum absolute atomic E-state index is 0. The van der Waals surface area contributed by atoms with Crippen LogP contribution >= 0.6 is 24.8 Å². The van der Waals surface area contributed by atoms with E-state index in [1.54, 1.807) is 0 Å². The zero-order chi connectivity index (χ0) is 17.1. The Morgan fingerprint density at radius 1 is 1.19 bits per heavy atom. The van der Waals surface area contributed by atoms with Gasteiger partial charge in [-0.25, -0.2) is 4.39 Å². The molecule has 1 saturated heterocycles. The number of piperidine rings is 1. The molecule has 4 N–H and O–H groups in total. The molecule has 1 aliphatic carbocycles. The molecule has 0 radical (unpaired) electrons. The molecular weight excluding hydrogens is 380 g/mol. The maximum absolute atomic E-state index is 12.9. The van der Waals surface area contributed by atoms with Gasteiger partial charge in [-0.2, -0.15) is 0 Å². The summed E-state index contributed by atoms with van der Waals surface area (Å²) in [6.45, 7) is 2.63. The molecule has 148 valence electrons. The molecule has 0 spiro atoms. The zero-order valence-electron chi connectivity index (χ0n) is 14.6. The number of nitrogens with one attached hydrogen (secondary N) is 1. The number of carbonyl (C=O) groups is 1. The number of aliphatic hydroxyl groups excluding tert-OH is 1. The fourth-order valence-corrected chi connectivity index (χ4v) is 3.66. The topological polar surface area (TPSA) is 78.6 Å². The van der Waals surface area contributed by atoms with Gasteiger partial charge in [-0.1, -0.05) is 12.1 Å². The highest BCUT2D eigenvalue weighted by atomic mass is 35.5. The zero-order valence-corrected chi connectivity index (χ0v) is 16.3. The lowest BCUT2D eigenvalue weighted by Crippen LogP contribution is -2.46. The summed E-state index contributed by atoms with van der Waals surface area (Å²) in [6.07, 6.45) is 2.30. The maximum Gasteiger partial charge on any atom is 0.223 e. The van der Waals surface area contributed by atoms with Gasteiger partial charge >= 0.3 is 0 Å². The number of likely N-dealkylation sites (tertiary alicyclic amines) is 1. The fourth-order valence-electron chi connectivity index (χ4n) is 3.66. The quantitative estimate of drug-likeness (QED) is 0.711. The summed E-state index contributed by atoms with van der Waals surface area (Å²) in [5.74, 6) is -0.344. The van der Waals surface area contributed by atoms with Crippen LogP contribution in [0.5, 0.6) is 0 Å². The standard InChI is InChI=1S/C18H26FN3O2.2ClH/c19-14-3-1-12(2-4-14)11-22-7-5-15(6-8-22)21-18(24)13-9-16(20)17(23)10-13;;/h1-4,13,15-17,23H,5-11,20H2,(H,21,24);2*1H/t13-,16-,17-;;/m0../s1. The SMILES string of the molecule is Cl.Cl.N[C@H]1C[C@H](C(=O)NC2CCN(Cc3ccc(F)cc3)CC2)C[C@@H]1O. The van der Waals surface area contributed by atoms with E-state index in [2.05, 4.69) is 10.2 Å². The van der Waals surface area contributed by atoms with E-state index in [1.165, 1.54) is 12.1 Å². The summed E-state index contributed by atoms with van der Waals surface area (Å²) in [7, 11) is 0. The van der Waals surface area contributed by atoms with Crippen LogP contribution < -0.4 is 11.1 Å². The first-order valence-corrected chi connectivity index (χ1v) is 8.72. The van der Waals surface area contributed by atoms with Crippen molar-refractivity contribution >= 4 is 30.7 Å². The Hall–Kier alpha value is -0.920. The van der Waals surface area contributed by atoms with Gasteiger partial charge in [0.2, 0.25) is 5.91 Å². The molecule has 0 unspecified atom stereocenters. The van der Waals surface area contributed by atoms with E-state index in [0.717, 1.165) is 38.0 Å². The van der Waals surface area contributed by atoms with Gasteiger partial charge in [0, 0.05) is 37.6 Å². The number of hydrogen-bond acceptors (Lipinski definition) is 4. The summed E-state index contributed by atoms with van der Waals surface area (Å²) in [6, 6.07) is 6.52. The Bertz CT molecular complexity index is 558. The summed E-state index contributed by atoms with van der Waals surface area (Å²) in [5.41, 5.74) is 6.88. The number of amides is 1. The highest BCUT2D eigenvalue weighted by molar-refractivity contribution is 5.85. The largest absolute Gasteiger partial charge is 0.391 e. The van der Waals surface area contributed by atoms with Crippen LogP contribution in [0.1, 0.15) is 31.2 Å². The lowest BCUT2D eigenvalue weighted by Gasteiger charge is -2.32. The number of nitrogens with zero attached hydrogens (tertiary/aromatic N) is 1. The van der Waals surface area contributed by atoms with Crippen molar-refractivity contribution in [3.8, 4) is 0 Å². The normalized spacial score (nSPS) is 26.7. The second-order valence-corrected chi connectivity index (χ2v) is 7.09. The fraction of sp³-hybridized carbons (Fsp3) is 0.611. The molecule has 2 aliphatic rings. The molecule has 1 saturated carbocycles. The number of hydrogen-bond donors (Lipinski definition) is 3. The van der Waals surface area contributed by atoms with E-state index in [-0.39, 0.29) is 54.5 Å². The summed E-state index contributed by atoms with van der Waals surface area (Å²) in [4.78, 5) is 14.6. The molecule has 26 heavy (non-hydrogen) atoms. The van der Waals surface area contributed by atoms with Crippen LogP contribution in [0.3, 0.4) is 0 Å². The highest BCUT2D eigenvalue weighted by Crippen LogP contribution is 2.25. The molecule has 5 nitrogen and oxygen atoms in total. The smallest absolute Gasteiger partial charge is 0.223 e. The number of rotatable bonds is 4. The molecule has 8 heteroatoms. The molecule has 0 bridgehead atoms. The number of halogens is 3. The summed E-state index contributed by atoms with van der Waals surface area (Å²) in [5, 5.41) is 12.8. The summed E-state index contributed by atoms with van der Waals surface area (Å²) >= 11 is 0. The molecule has 2 fully saturated rings. The van der Waals surface area contributed by atoms with Crippen molar-refractivity contribution in [2.45, 2.75) is 50.4 Å². The second kappa shape index (κ2) is 10.4. The van der Waals surface area contributed by atoms with Crippen LogP contribution in [0.15, 0.2) is 24.3 Å². The van der Waals surface area contributed by atoms with Crippen LogP contribution in [-0.2, 0) is 11.3 Å². The molecule has 1 heterocycles. The van der Waals surface area contributed by atoms with E-state index >= 15 is 0 Å². The molecular formula is C18H28Cl2FN3O2. The molecule has 3 atom stereocenters. The van der Waals surface area contributed by atoms with Gasteiger partial charge in [0.1, 0.15) is 5.82 Å². The first-order chi connectivity index (χ1) is 11.5. The minimum Gasteiger partial charge on any atom is -0.391 e. The summed E-state index contributed by atoms with van der Waals surface area (Å²) < 4.78 is 12.9. The first-order valence-electron chi connectivity index (χ1n) is 8.72. The molecule has 1 aliphatic heterocycles. The average molecular weight is 408 g/mol. The van der Waals surface area contributed by atoms with Crippen molar-refractivity contribution in [3.05, 3.63) is 35.6 Å². The van der Waals surface area contributed by atoms with Crippen LogP contribution in [0.4, 0.5) is 4.39 Å². The minimum atomic E-state index is -0.557. The van der Waals surface area contributed by atoms with E-state index in [0.29, 0.717) is 12.8 Å². The Labute approximate surface area is 166 Å². The van der Waals surface area contributed by atoms with Crippen molar-refractivity contribution < 1.29 is 14.3 Å². The predicted octanol–water partition coefficient (Wildman–Crippen LogP) is 1.85. The van der Waals surface area contributed by atoms with E-state index in [4.69, 9.17) is 5.73 Å². The lowest BCUT2D eigenvalue weighted by atomic mass is 10.0. The number of carbonyl (C=O) groups excluding carboxylic acids is 1. The number of nitrogens with two attached hydrogens (primary N) is 1. The van der Waals surface area contributed by atoms with E-state index < -0.39 is 6.10 Å². The van der Waals surface area contributed by atoms with Crippen LogP contribution in [0.2, 0.25) is 0 Å². The Kier molecular flexibility index (Phi) is 9.27. The van der Waals surface area contributed by atoms with Gasteiger partial charge in [-0.3, -0.25) is 9.69 Å². The Morgan fingerprint density at radius 2 is 1.81 bits per heavy atom. The van der Waals surface area contributed by atoms with Crippen molar-refractivity contribution in [1.29, 1.82) is 0 Å². The van der Waals surface area contributed by atoms with Gasteiger partial charge < -0.3 is 16.2 Å². The lowest BCUT2D eigenvalue weighted by molar-refractivity contribution is -0.126. The van der Waals surface area contributed by atoms with Crippen LogP contribution in [0.25, 0.3) is 0 Å². The Balaban J connectivity index is 0.00000169. The molecule has 1 aromatic rings. The second-order valence-electron chi connectivity index (χ2n) is 7.09. The third-order valence-corrected chi connectivity index (χ3v) is 5.20. The van der Waals surface area contributed by atoms with Gasteiger partial charge in [-0.05, 0) is 43.4 Å². The van der Waals surface area contributed by atoms with Gasteiger partial charge in [0.05, 0.1) is 6.10 Å². The molecule has 1 amide bonds. The van der Waals surface area contributed by atoms with Gasteiger partial charge in [-0.15, -0.1) is 24.8 Å². The van der Waals surface area contributed by atoms with Crippen molar-refractivity contribution in [1.82, 2.24) is 10.2 Å². The van der Waals surface area contributed by atoms with E-state index in [1.807, 2.05) is 12.1 Å².